The third-order valence-corrected chi connectivity index (χ3v) is 6.46. The molecule has 1 amide bonds. The number of aromatic nitrogens is 1. The lowest BCUT2D eigenvalue weighted by Crippen LogP contribution is -2.55. The summed E-state index contributed by atoms with van der Waals surface area (Å²) in [4.78, 5) is 18.9. The Hall–Kier alpha value is -3.12. The van der Waals surface area contributed by atoms with Gasteiger partial charge in [-0.1, -0.05) is 0 Å². The third-order valence-electron chi connectivity index (χ3n) is 6.46. The Morgan fingerprint density at radius 2 is 2.17 bits per heavy atom. The molecule has 11 heteroatoms. The summed E-state index contributed by atoms with van der Waals surface area (Å²) in [6.45, 7) is 9.78. The second kappa shape index (κ2) is 9.74. The highest BCUT2D eigenvalue weighted by Gasteiger charge is 2.37. The van der Waals surface area contributed by atoms with Crippen molar-refractivity contribution in [2.75, 3.05) is 31.1 Å². The van der Waals surface area contributed by atoms with Crippen LogP contribution in [0, 0.1) is 0 Å². The van der Waals surface area contributed by atoms with Crippen LogP contribution in [0.2, 0.25) is 0 Å². The van der Waals surface area contributed by atoms with E-state index in [-0.39, 0.29) is 12.2 Å². The van der Waals surface area contributed by atoms with E-state index in [4.69, 9.17) is 14.5 Å². The predicted octanol–water partition coefficient (Wildman–Crippen LogP) is 1.33. The van der Waals surface area contributed by atoms with Gasteiger partial charge in [0.25, 0.3) is 0 Å². The number of carbonyl (C=O) groups is 1. The van der Waals surface area contributed by atoms with Crippen LogP contribution in [0.15, 0.2) is 47.6 Å². The molecule has 1 aromatic rings. The minimum Gasteiger partial charge on any atom is -0.492 e. The number of alkyl carbamates (subject to hydrolysis) is 1. The minimum atomic E-state index is -0.725. The topological polar surface area (TPSA) is 123 Å². The van der Waals surface area contributed by atoms with Gasteiger partial charge in [-0.2, -0.15) is 0 Å². The van der Waals surface area contributed by atoms with Gasteiger partial charge in [0, 0.05) is 42.5 Å². The van der Waals surface area contributed by atoms with E-state index in [0.29, 0.717) is 26.1 Å². The fourth-order valence-electron chi connectivity index (χ4n) is 4.87. The van der Waals surface area contributed by atoms with Gasteiger partial charge in [-0.25, -0.2) is 20.6 Å². The molecular weight excluding hydrogens is 462 g/mol. The van der Waals surface area contributed by atoms with Crippen molar-refractivity contribution >= 4 is 17.5 Å². The molecule has 0 aromatic carbocycles. The molecule has 36 heavy (non-hydrogen) atoms. The normalized spacial score (nSPS) is 25.8. The van der Waals surface area contributed by atoms with Crippen molar-refractivity contribution in [2.45, 2.75) is 58.0 Å². The fraction of sp³-hybridized carbons (Fsp3) is 0.520. The van der Waals surface area contributed by atoms with Crippen LogP contribution in [0.5, 0.6) is 0 Å². The van der Waals surface area contributed by atoms with Crippen LogP contribution in [0.1, 0.15) is 39.7 Å². The zero-order valence-corrected chi connectivity index (χ0v) is 21.2. The number of pyridine rings is 1. The minimum absolute atomic E-state index is 0.0323. The Morgan fingerprint density at radius 1 is 1.33 bits per heavy atom. The largest absolute Gasteiger partial charge is 0.492 e. The molecule has 1 unspecified atom stereocenters. The van der Waals surface area contributed by atoms with Crippen molar-refractivity contribution in [3.63, 3.8) is 0 Å². The Morgan fingerprint density at radius 3 is 2.86 bits per heavy atom. The number of nitrogens with one attached hydrogen (secondary N) is 4. The second-order valence-electron chi connectivity index (χ2n) is 10.3. The number of hydrazine groups is 2. The van der Waals surface area contributed by atoms with Crippen LogP contribution in [0.25, 0.3) is 5.57 Å². The number of ether oxygens (including phenoxy) is 2. The van der Waals surface area contributed by atoms with Crippen LogP contribution in [-0.4, -0.2) is 71.3 Å². The summed E-state index contributed by atoms with van der Waals surface area (Å²) < 4.78 is 11.1. The highest BCUT2D eigenvalue weighted by molar-refractivity contribution is 5.83. The lowest BCUT2D eigenvalue weighted by Gasteiger charge is -2.37. The molecule has 4 aliphatic heterocycles. The average Bonchev–Trinajstić information content (AvgIpc) is 3.40. The lowest BCUT2D eigenvalue weighted by molar-refractivity contribution is 0.0402. The van der Waals surface area contributed by atoms with Crippen molar-refractivity contribution in [3.05, 3.63) is 53.2 Å². The van der Waals surface area contributed by atoms with E-state index in [0.717, 1.165) is 35.0 Å². The molecule has 4 aliphatic rings. The number of β-amino-alcohol motifs (C(OH)–C–C–N with tert-alkyl or cyclic N) is 1. The van der Waals surface area contributed by atoms with E-state index >= 15 is 0 Å². The Labute approximate surface area is 211 Å². The molecule has 0 bridgehead atoms. The van der Waals surface area contributed by atoms with Crippen LogP contribution in [-0.2, 0) is 9.47 Å². The van der Waals surface area contributed by atoms with Gasteiger partial charge in [-0.15, -0.1) is 0 Å². The van der Waals surface area contributed by atoms with Gasteiger partial charge in [0.1, 0.15) is 23.3 Å². The molecule has 11 nitrogen and oxygen atoms in total. The molecule has 2 saturated heterocycles. The molecule has 5 N–H and O–H groups in total. The Balaban J connectivity index is 1.29. The molecule has 194 valence electrons. The summed E-state index contributed by atoms with van der Waals surface area (Å²) in [7, 11) is 0. The van der Waals surface area contributed by atoms with E-state index in [1.165, 1.54) is 5.57 Å². The summed E-state index contributed by atoms with van der Waals surface area (Å²) in [6, 6.07) is 3.67. The summed E-state index contributed by atoms with van der Waals surface area (Å²) in [5.41, 5.74) is 13.6. The van der Waals surface area contributed by atoms with Crippen LogP contribution in [0.3, 0.4) is 0 Å². The number of hydrogen-bond donors (Lipinski definition) is 5. The predicted molar refractivity (Wildman–Crippen MR) is 135 cm³/mol. The smallest absolute Gasteiger partial charge is 0.407 e. The standard InChI is InChI=1S/C25H35N7O4/c1-5-35-16-10-17(22-18-12-27-29-23(18)30-32(22)13-16)15-6-7-21(26-11-15)31-9-8-19(20(33)14-31)28-24(34)36-25(2,3)4/h6-7,10-11,13,19-20,23,27,29-30,33H,5,8-9,12,14H2,1-4H3,(H,28,34)/t19-,20-,23?/m0/s1. The van der Waals surface area contributed by atoms with E-state index in [2.05, 4.69) is 33.7 Å². The van der Waals surface area contributed by atoms with Crippen molar-refractivity contribution < 1.29 is 19.4 Å². The number of aliphatic hydroxyl groups is 1. The first-order valence-corrected chi connectivity index (χ1v) is 12.4. The maximum absolute atomic E-state index is 12.1. The third kappa shape index (κ3) is 5.05. The lowest BCUT2D eigenvalue weighted by atomic mass is 9.97. The fourth-order valence-corrected chi connectivity index (χ4v) is 4.87. The summed E-state index contributed by atoms with van der Waals surface area (Å²) in [5.74, 6) is 1.57. The van der Waals surface area contributed by atoms with Gasteiger partial charge in [-0.3, -0.25) is 10.4 Å². The van der Waals surface area contributed by atoms with Crippen molar-refractivity contribution in [3.8, 4) is 0 Å². The number of anilines is 1. The molecule has 0 saturated carbocycles. The average molecular weight is 498 g/mol. The number of amides is 1. The number of rotatable bonds is 5. The maximum atomic E-state index is 12.1. The number of fused-ring (bicyclic) bond motifs is 2. The quantitative estimate of drug-likeness (QED) is 0.407. The SMILES string of the molecule is CCOC1=CN2NC3NNCC3=C2C(c2ccc(N3CC[C@H](NC(=O)OC(C)(C)C)[C@@H](O)C3)nc2)=C1. The van der Waals surface area contributed by atoms with Crippen molar-refractivity contribution in [1.29, 1.82) is 0 Å². The van der Waals surface area contributed by atoms with Crippen LogP contribution < -0.4 is 26.5 Å². The summed E-state index contributed by atoms with van der Waals surface area (Å²) >= 11 is 0. The van der Waals surface area contributed by atoms with Gasteiger partial charge < -0.3 is 24.8 Å². The molecule has 0 aliphatic carbocycles. The molecule has 2 fully saturated rings. The summed E-state index contributed by atoms with van der Waals surface area (Å²) in [5, 5.41) is 15.5. The first-order chi connectivity index (χ1) is 17.2. The van der Waals surface area contributed by atoms with Crippen molar-refractivity contribution in [1.82, 2.24) is 31.6 Å². The molecule has 5 rings (SSSR count). The molecule has 5 heterocycles. The second-order valence-corrected chi connectivity index (χ2v) is 10.3. The molecule has 0 spiro atoms. The van der Waals surface area contributed by atoms with E-state index in [1.54, 1.807) is 0 Å². The van der Waals surface area contributed by atoms with Gasteiger partial charge in [0.15, 0.2) is 0 Å². The Bertz CT molecular complexity index is 1090. The van der Waals surface area contributed by atoms with Gasteiger partial charge in [-0.05, 0) is 52.3 Å². The maximum Gasteiger partial charge on any atom is 0.407 e. The monoisotopic (exact) mass is 497 g/mol. The first kappa shape index (κ1) is 24.6. The number of carbonyl (C=O) groups excluding carboxylic acids is 1. The van der Waals surface area contributed by atoms with E-state index in [1.807, 2.05) is 56.1 Å². The zero-order chi connectivity index (χ0) is 25.4. The molecular formula is C25H35N7O4. The number of aliphatic hydroxyl groups excluding tert-OH is 1. The van der Waals surface area contributed by atoms with Crippen molar-refractivity contribution in [2.24, 2.45) is 0 Å². The Kier molecular flexibility index (Phi) is 6.64. The number of hydrogen-bond acceptors (Lipinski definition) is 10. The van der Waals surface area contributed by atoms with Crippen LogP contribution in [0.4, 0.5) is 10.6 Å². The van der Waals surface area contributed by atoms with Gasteiger partial charge in [0.2, 0.25) is 0 Å². The van der Waals surface area contributed by atoms with Crippen LogP contribution >= 0.6 is 0 Å². The number of allylic oxidation sites excluding steroid dienone is 2. The van der Waals surface area contributed by atoms with E-state index < -0.39 is 17.8 Å². The van der Waals surface area contributed by atoms with Gasteiger partial charge in [0.05, 0.1) is 30.6 Å². The molecule has 3 atom stereocenters. The summed E-state index contributed by atoms with van der Waals surface area (Å²) in [6.07, 6.45) is 5.27. The highest BCUT2D eigenvalue weighted by atomic mass is 16.6. The number of piperidine rings is 1. The zero-order valence-electron chi connectivity index (χ0n) is 21.2. The highest BCUT2D eigenvalue weighted by Crippen LogP contribution is 2.38. The number of nitrogens with zero attached hydrogens (tertiary/aromatic N) is 3. The first-order valence-electron chi connectivity index (χ1n) is 12.4. The van der Waals surface area contributed by atoms with Gasteiger partial charge >= 0.3 is 6.09 Å². The molecule has 0 radical (unpaired) electrons. The van der Waals surface area contributed by atoms with E-state index in [9.17, 15) is 9.90 Å². The molecule has 1 aromatic heterocycles.